The normalized spacial score (nSPS) is 10.1. The van der Waals surface area contributed by atoms with Crippen LogP contribution < -0.4 is 9.47 Å². The van der Waals surface area contributed by atoms with Gasteiger partial charge >= 0.3 is 11.7 Å². The van der Waals surface area contributed by atoms with E-state index in [0.29, 0.717) is 5.75 Å². The first kappa shape index (κ1) is 16.0. The summed E-state index contributed by atoms with van der Waals surface area (Å²) in [5, 5.41) is 11.0. The molecule has 0 bridgehead atoms. The molecule has 7 heteroatoms. The largest absolute Gasteiger partial charge is 0.496 e. The Morgan fingerprint density at radius 2 is 2.05 bits per heavy atom. The first-order chi connectivity index (χ1) is 10.5. The van der Waals surface area contributed by atoms with Crippen molar-refractivity contribution in [1.29, 1.82) is 0 Å². The number of esters is 1. The molecule has 2 aromatic rings. The van der Waals surface area contributed by atoms with Crippen molar-refractivity contribution in [1.82, 2.24) is 0 Å². The van der Waals surface area contributed by atoms with E-state index in [-0.39, 0.29) is 17.9 Å². The molecule has 0 fully saturated rings. The maximum Gasteiger partial charge on any atom is 0.315 e. The summed E-state index contributed by atoms with van der Waals surface area (Å²) in [6, 6.07) is 11.2. The topological polar surface area (TPSA) is 78.7 Å². The molecule has 0 N–H and O–H groups in total. The Kier molecular flexibility index (Phi) is 5.11. The minimum absolute atomic E-state index is 0.0165. The highest BCUT2D eigenvalue weighted by Crippen LogP contribution is 2.31. The van der Waals surface area contributed by atoms with Crippen LogP contribution in [-0.2, 0) is 11.2 Å². The highest BCUT2D eigenvalue weighted by molar-refractivity contribution is 9.10. The van der Waals surface area contributed by atoms with Gasteiger partial charge in [0.15, 0.2) is 0 Å². The van der Waals surface area contributed by atoms with Crippen molar-refractivity contribution in [2.75, 3.05) is 7.11 Å². The summed E-state index contributed by atoms with van der Waals surface area (Å²) < 4.78 is 10.9. The van der Waals surface area contributed by atoms with Gasteiger partial charge in [0.2, 0.25) is 5.75 Å². The number of rotatable bonds is 5. The van der Waals surface area contributed by atoms with Gasteiger partial charge in [0.25, 0.3) is 0 Å². The maximum absolute atomic E-state index is 11.9. The van der Waals surface area contributed by atoms with Crippen LogP contribution in [0.5, 0.6) is 11.5 Å². The van der Waals surface area contributed by atoms with Crippen LogP contribution in [-0.4, -0.2) is 18.0 Å². The Morgan fingerprint density at radius 3 is 2.68 bits per heavy atom. The molecular weight excluding hydrogens is 354 g/mol. The summed E-state index contributed by atoms with van der Waals surface area (Å²) in [5.74, 6) is -0.365. The van der Waals surface area contributed by atoms with Gasteiger partial charge in [0.1, 0.15) is 5.75 Å². The number of benzene rings is 2. The highest BCUT2D eigenvalue weighted by atomic mass is 79.9. The molecule has 2 rings (SSSR count). The lowest BCUT2D eigenvalue weighted by Crippen LogP contribution is -2.12. The number of nitrogens with zero attached hydrogens (tertiary/aromatic N) is 1. The third-order valence-corrected chi connectivity index (χ3v) is 3.32. The van der Waals surface area contributed by atoms with Crippen molar-refractivity contribution >= 4 is 27.6 Å². The monoisotopic (exact) mass is 365 g/mol. The van der Waals surface area contributed by atoms with E-state index in [4.69, 9.17) is 9.47 Å². The number of hydrogen-bond acceptors (Lipinski definition) is 5. The molecule has 22 heavy (non-hydrogen) atoms. The second-order valence-electron chi connectivity index (χ2n) is 4.37. The van der Waals surface area contributed by atoms with E-state index in [9.17, 15) is 14.9 Å². The van der Waals surface area contributed by atoms with Crippen molar-refractivity contribution < 1.29 is 19.2 Å². The van der Waals surface area contributed by atoms with E-state index in [0.717, 1.165) is 10.0 Å². The van der Waals surface area contributed by atoms with Gasteiger partial charge in [0.05, 0.1) is 24.5 Å². The van der Waals surface area contributed by atoms with Crippen molar-refractivity contribution in [3.8, 4) is 11.5 Å². The van der Waals surface area contributed by atoms with Gasteiger partial charge in [-0.2, -0.15) is 0 Å². The zero-order valence-electron chi connectivity index (χ0n) is 11.6. The standard InChI is InChI=1S/C15H12BrNO5/c1-21-12-5-6-14(13(9-12)17(19)20)22-15(18)8-10-3-2-4-11(16)7-10/h2-7,9H,8H2,1H3. The Bertz CT molecular complexity index is 717. The molecule has 114 valence electrons. The molecule has 0 radical (unpaired) electrons. The molecule has 0 aliphatic heterocycles. The molecule has 0 heterocycles. The van der Waals surface area contributed by atoms with E-state index >= 15 is 0 Å². The summed E-state index contributed by atoms with van der Waals surface area (Å²) in [6.45, 7) is 0. The molecule has 0 spiro atoms. The van der Waals surface area contributed by atoms with E-state index in [1.165, 1.54) is 25.3 Å². The fourth-order valence-corrected chi connectivity index (χ4v) is 2.27. The summed E-state index contributed by atoms with van der Waals surface area (Å²) in [5.41, 5.74) is 0.428. The highest BCUT2D eigenvalue weighted by Gasteiger charge is 2.19. The smallest absolute Gasteiger partial charge is 0.315 e. The van der Waals surface area contributed by atoms with Crippen LogP contribution in [0.15, 0.2) is 46.9 Å². The van der Waals surface area contributed by atoms with E-state index < -0.39 is 10.9 Å². The van der Waals surface area contributed by atoms with Gasteiger partial charge in [-0.25, -0.2) is 0 Å². The van der Waals surface area contributed by atoms with Gasteiger partial charge < -0.3 is 9.47 Å². The SMILES string of the molecule is COc1ccc(OC(=O)Cc2cccc(Br)c2)c([N+](=O)[O-])c1. The van der Waals surface area contributed by atoms with Crippen molar-refractivity contribution in [3.63, 3.8) is 0 Å². The molecule has 0 amide bonds. The van der Waals surface area contributed by atoms with Crippen LogP contribution in [0.2, 0.25) is 0 Å². The third-order valence-electron chi connectivity index (χ3n) is 2.82. The van der Waals surface area contributed by atoms with Crippen LogP contribution >= 0.6 is 15.9 Å². The Balaban J connectivity index is 2.16. The lowest BCUT2D eigenvalue weighted by Gasteiger charge is -2.07. The molecular formula is C15H12BrNO5. The molecule has 0 aliphatic rings. The summed E-state index contributed by atoms with van der Waals surface area (Å²) >= 11 is 3.31. The second-order valence-corrected chi connectivity index (χ2v) is 5.29. The fourth-order valence-electron chi connectivity index (χ4n) is 1.83. The number of methoxy groups -OCH3 is 1. The lowest BCUT2D eigenvalue weighted by atomic mass is 10.1. The zero-order valence-corrected chi connectivity index (χ0v) is 13.2. The molecule has 6 nitrogen and oxygen atoms in total. The van der Waals surface area contributed by atoms with Crippen LogP contribution in [0.1, 0.15) is 5.56 Å². The lowest BCUT2D eigenvalue weighted by molar-refractivity contribution is -0.385. The van der Waals surface area contributed by atoms with Gasteiger partial charge in [-0.3, -0.25) is 14.9 Å². The van der Waals surface area contributed by atoms with E-state index in [1.807, 2.05) is 6.07 Å². The molecule has 2 aromatic carbocycles. The first-order valence-corrected chi connectivity index (χ1v) is 7.06. The number of nitro benzene ring substituents is 1. The average Bonchev–Trinajstić information content (AvgIpc) is 2.47. The summed E-state index contributed by atoms with van der Waals surface area (Å²) in [7, 11) is 1.40. The molecule has 0 aliphatic carbocycles. The Hall–Kier alpha value is -2.41. The Morgan fingerprint density at radius 1 is 1.27 bits per heavy atom. The number of hydrogen-bond donors (Lipinski definition) is 0. The van der Waals surface area contributed by atoms with Crippen LogP contribution in [0, 0.1) is 10.1 Å². The second kappa shape index (κ2) is 7.04. The van der Waals surface area contributed by atoms with Crippen LogP contribution in [0.3, 0.4) is 0 Å². The van der Waals surface area contributed by atoms with E-state index in [1.54, 1.807) is 18.2 Å². The number of ether oxygens (including phenoxy) is 2. The minimum atomic E-state index is -0.621. The average molecular weight is 366 g/mol. The van der Waals surface area contributed by atoms with Crippen LogP contribution in [0.25, 0.3) is 0 Å². The Labute approximate surface area is 134 Å². The zero-order chi connectivity index (χ0) is 16.1. The third kappa shape index (κ3) is 4.05. The predicted octanol–water partition coefficient (Wildman–Crippen LogP) is 3.51. The molecule has 0 saturated carbocycles. The van der Waals surface area contributed by atoms with Crippen molar-refractivity contribution in [3.05, 3.63) is 62.6 Å². The van der Waals surface area contributed by atoms with E-state index in [2.05, 4.69) is 15.9 Å². The van der Waals surface area contributed by atoms with Crippen molar-refractivity contribution in [2.24, 2.45) is 0 Å². The summed E-state index contributed by atoms with van der Waals surface area (Å²) in [4.78, 5) is 22.3. The van der Waals surface area contributed by atoms with Crippen molar-refractivity contribution in [2.45, 2.75) is 6.42 Å². The van der Waals surface area contributed by atoms with Gasteiger partial charge in [0, 0.05) is 4.47 Å². The van der Waals surface area contributed by atoms with Gasteiger partial charge in [-0.1, -0.05) is 28.1 Å². The predicted molar refractivity (Wildman–Crippen MR) is 83.1 cm³/mol. The van der Waals surface area contributed by atoms with Gasteiger partial charge in [-0.05, 0) is 29.8 Å². The quantitative estimate of drug-likeness (QED) is 0.350. The summed E-state index contributed by atoms with van der Waals surface area (Å²) in [6.07, 6.45) is 0.0165. The van der Waals surface area contributed by atoms with Crippen LogP contribution in [0.4, 0.5) is 5.69 Å². The molecule has 0 aromatic heterocycles. The molecule has 0 atom stereocenters. The number of carbonyl (C=O) groups excluding carboxylic acids is 1. The number of nitro groups is 1. The fraction of sp³-hybridized carbons (Fsp3) is 0.133. The number of halogens is 1. The van der Waals surface area contributed by atoms with Gasteiger partial charge in [-0.15, -0.1) is 0 Å². The number of carbonyl (C=O) groups is 1. The molecule has 0 unspecified atom stereocenters. The minimum Gasteiger partial charge on any atom is -0.496 e. The molecule has 0 saturated heterocycles. The maximum atomic E-state index is 11.9. The first-order valence-electron chi connectivity index (χ1n) is 6.27.